The third-order valence-electron chi connectivity index (χ3n) is 6.53. The van der Waals surface area contributed by atoms with E-state index in [0.717, 1.165) is 58.1 Å². The fourth-order valence-electron chi connectivity index (χ4n) is 4.78. The van der Waals surface area contributed by atoms with Gasteiger partial charge in [0.15, 0.2) is 5.96 Å². The Bertz CT molecular complexity index is 446. The van der Waals surface area contributed by atoms with E-state index >= 15 is 0 Å². The first-order valence-corrected chi connectivity index (χ1v) is 11.2. The third-order valence-corrected chi connectivity index (χ3v) is 6.53. The topological polar surface area (TPSA) is 58.1 Å². The van der Waals surface area contributed by atoms with E-state index in [1.165, 1.54) is 58.0 Å². The molecule has 0 bridgehead atoms. The Kier molecular flexibility index (Phi) is 11.4. The number of hydrogen-bond donors (Lipinski definition) is 2. The Morgan fingerprint density at radius 2 is 1.79 bits per heavy atom. The average Bonchev–Trinajstić information content (AvgIpc) is 3.27. The second-order valence-corrected chi connectivity index (χ2v) is 8.37. The first kappa shape index (κ1) is 24.2. The summed E-state index contributed by atoms with van der Waals surface area (Å²) in [4.78, 5) is 7.11. The number of nitrogens with one attached hydrogen (secondary N) is 2. The Morgan fingerprint density at radius 3 is 2.46 bits per heavy atom. The molecule has 0 spiro atoms. The van der Waals surface area contributed by atoms with Gasteiger partial charge in [-0.15, -0.1) is 24.0 Å². The van der Waals surface area contributed by atoms with Gasteiger partial charge in [-0.25, -0.2) is 0 Å². The Labute approximate surface area is 188 Å². The molecule has 2 heterocycles. The van der Waals surface area contributed by atoms with Gasteiger partial charge in [0, 0.05) is 45.5 Å². The number of halogens is 1. The normalized spacial score (nSPS) is 24.0. The van der Waals surface area contributed by atoms with E-state index in [4.69, 9.17) is 9.47 Å². The van der Waals surface area contributed by atoms with E-state index in [1.807, 2.05) is 7.05 Å². The highest BCUT2D eigenvalue weighted by molar-refractivity contribution is 14.0. The molecule has 0 unspecified atom stereocenters. The van der Waals surface area contributed by atoms with E-state index < -0.39 is 0 Å². The first-order chi connectivity index (χ1) is 13.3. The molecule has 7 heteroatoms. The van der Waals surface area contributed by atoms with Crippen LogP contribution in [-0.2, 0) is 9.47 Å². The molecule has 6 nitrogen and oxygen atoms in total. The summed E-state index contributed by atoms with van der Waals surface area (Å²) in [5.74, 6) is 0.915. The van der Waals surface area contributed by atoms with Crippen molar-refractivity contribution in [3.05, 3.63) is 0 Å². The van der Waals surface area contributed by atoms with E-state index in [2.05, 4.69) is 20.5 Å². The predicted octanol–water partition coefficient (Wildman–Crippen LogP) is 3.15. The minimum atomic E-state index is 0. The lowest BCUT2D eigenvalue weighted by Gasteiger charge is -2.45. The molecule has 0 aromatic carbocycles. The van der Waals surface area contributed by atoms with Crippen LogP contribution in [0.3, 0.4) is 0 Å². The molecule has 0 atom stereocenters. The molecule has 2 aliphatic heterocycles. The SMILES string of the molecule is CN=C(NCCCOC1CCCCC1)NCC1(N2CCCC2)CCOCC1.I. The fourth-order valence-corrected chi connectivity index (χ4v) is 4.78. The summed E-state index contributed by atoms with van der Waals surface area (Å²) >= 11 is 0. The quantitative estimate of drug-likeness (QED) is 0.228. The van der Waals surface area contributed by atoms with Crippen molar-refractivity contribution in [2.75, 3.05) is 53.0 Å². The smallest absolute Gasteiger partial charge is 0.191 e. The van der Waals surface area contributed by atoms with Crippen molar-refractivity contribution in [3.63, 3.8) is 0 Å². The molecule has 1 saturated carbocycles. The van der Waals surface area contributed by atoms with Crippen molar-refractivity contribution < 1.29 is 9.47 Å². The van der Waals surface area contributed by atoms with Gasteiger partial charge in [-0.3, -0.25) is 9.89 Å². The van der Waals surface area contributed by atoms with Gasteiger partial charge in [0.25, 0.3) is 0 Å². The molecule has 0 aromatic heterocycles. The number of guanidine groups is 1. The van der Waals surface area contributed by atoms with E-state index in [1.54, 1.807) is 0 Å². The van der Waals surface area contributed by atoms with Crippen LogP contribution in [0.1, 0.15) is 64.2 Å². The molecular formula is C21H41IN4O2. The van der Waals surface area contributed by atoms with Gasteiger partial charge in [-0.1, -0.05) is 19.3 Å². The number of rotatable bonds is 8. The predicted molar refractivity (Wildman–Crippen MR) is 126 cm³/mol. The lowest BCUT2D eigenvalue weighted by molar-refractivity contribution is -0.0164. The molecule has 28 heavy (non-hydrogen) atoms. The molecule has 3 fully saturated rings. The first-order valence-electron chi connectivity index (χ1n) is 11.2. The number of nitrogens with zero attached hydrogens (tertiary/aromatic N) is 2. The van der Waals surface area contributed by atoms with Gasteiger partial charge >= 0.3 is 0 Å². The second kappa shape index (κ2) is 13.2. The number of aliphatic imine (C=N–C) groups is 1. The highest BCUT2D eigenvalue weighted by Gasteiger charge is 2.39. The van der Waals surface area contributed by atoms with Crippen LogP contribution in [0.2, 0.25) is 0 Å². The zero-order chi connectivity index (χ0) is 18.8. The molecule has 0 radical (unpaired) electrons. The van der Waals surface area contributed by atoms with Crippen LogP contribution < -0.4 is 10.6 Å². The number of likely N-dealkylation sites (tertiary alicyclic amines) is 1. The fraction of sp³-hybridized carbons (Fsp3) is 0.952. The van der Waals surface area contributed by atoms with Crippen molar-refractivity contribution in [2.24, 2.45) is 4.99 Å². The van der Waals surface area contributed by atoms with Crippen LogP contribution in [0.5, 0.6) is 0 Å². The molecule has 3 rings (SSSR count). The van der Waals surface area contributed by atoms with Crippen molar-refractivity contribution >= 4 is 29.9 Å². The van der Waals surface area contributed by atoms with Gasteiger partial charge in [0.1, 0.15) is 0 Å². The summed E-state index contributed by atoms with van der Waals surface area (Å²) in [6.45, 7) is 6.93. The third kappa shape index (κ3) is 7.29. The molecule has 2 N–H and O–H groups in total. The zero-order valence-electron chi connectivity index (χ0n) is 17.7. The van der Waals surface area contributed by atoms with Crippen molar-refractivity contribution in [1.82, 2.24) is 15.5 Å². The van der Waals surface area contributed by atoms with Crippen molar-refractivity contribution in [1.29, 1.82) is 0 Å². The molecule has 0 aromatic rings. The van der Waals surface area contributed by atoms with Crippen LogP contribution in [-0.4, -0.2) is 75.5 Å². The molecule has 164 valence electrons. The Morgan fingerprint density at radius 1 is 1.07 bits per heavy atom. The summed E-state index contributed by atoms with van der Waals surface area (Å²) in [5.41, 5.74) is 0.233. The monoisotopic (exact) mass is 508 g/mol. The molecule has 2 saturated heterocycles. The largest absolute Gasteiger partial charge is 0.381 e. The number of ether oxygens (including phenoxy) is 2. The van der Waals surface area contributed by atoms with Gasteiger partial charge < -0.3 is 20.1 Å². The molecular weight excluding hydrogens is 467 g/mol. The highest BCUT2D eigenvalue weighted by Crippen LogP contribution is 2.30. The summed E-state index contributed by atoms with van der Waals surface area (Å²) in [7, 11) is 1.86. The van der Waals surface area contributed by atoms with Gasteiger partial charge in [0.05, 0.1) is 6.10 Å². The maximum absolute atomic E-state index is 6.02. The van der Waals surface area contributed by atoms with Crippen molar-refractivity contribution in [2.45, 2.75) is 75.9 Å². The van der Waals surface area contributed by atoms with Crippen LogP contribution in [0.4, 0.5) is 0 Å². The average molecular weight is 508 g/mol. The van der Waals surface area contributed by atoms with Gasteiger partial charge in [-0.05, 0) is 58.0 Å². The van der Waals surface area contributed by atoms with Crippen molar-refractivity contribution in [3.8, 4) is 0 Å². The van der Waals surface area contributed by atoms with Crippen LogP contribution in [0.15, 0.2) is 4.99 Å². The minimum absolute atomic E-state index is 0. The standard InChI is InChI=1S/C21H40N4O2.HI/c1-22-20(23-12-7-15-27-19-8-3-2-4-9-19)24-18-21(10-16-26-17-11-21)25-13-5-6-14-25;/h19H,2-18H2,1H3,(H2,22,23,24);1H. The summed E-state index contributed by atoms with van der Waals surface area (Å²) < 4.78 is 11.7. The lowest BCUT2D eigenvalue weighted by Crippen LogP contribution is -2.58. The minimum Gasteiger partial charge on any atom is -0.381 e. The van der Waals surface area contributed by atoms with Gasteiger partial charge in [0.2, 0.25) is 0 Å². The van der Waals surface area contributed by atoms with E-state index in [9.17, 15) is 0 Å². The summed E-state index contributed by atoms with van der Waals surface area (Å²) in [6.07, 6.45) is 13.0. The number of hydrogen-bond acceptors (Lipinski definition) is 4. The summed E-state index contributed by atoms with van der Waals surface area (Å²) in [6, 6.07) is 0. The summed E-state index contributed by atoms with van der Waals surface area (Å²) in [5, 5.41) is 7.06. The highest BCUT2D eigenvalue weighted by atomic mass is 127. The maximum Gasteiger partial charge on any atom is 0.191 e. The Hall–Kier alpha value is -0.120. The molecule has 0 amide bonds. The van der Waals surface area contributed by atoms with E-state index in [-0.39, 0.29) is 29.5 Å². The Balaban J connectivity index is 0.00000280. The van der Waals surface area contributed by atoms with Crippen LogP contribution in [0.25, 0.3) is 0 Å². The molecule has 3 aliphatic rings. The van der Waals surface area contributed by atoms with E-state index in [0.29, 0.717) is 6.10 Å². The van der Waals surface area contributed by atoms with Gasteiger partial charge in [-0.2, -0.15) is 0 Å². The van der Waals surface area contributed by atoms with Crippen LogP contribution >= 0.6 is 24.0 Å². The molecule has 1 aliphatic carbocycles. The lowest BCUT2D eigenvalue weighted by atomic mass is 9.88. The maximum atomic E-state index is 6.02. The van der Waals surface area contributed by atoms with Crippen LogP contribution in [0, 0.1) is 0 Å². The zero-order valence-corrected chi connectivity index (χ0v) is 20.0. The second-order valence-electron chi connectivity index (χ2n) is 8.37.